The molecule has 30 heavy (non-hydrogen) atoms. The fourth-order valence-electron chi connectivity index (χ4n) is 3.59. The van der Waals surface area contributed by atoms with Gasteiger partial charge in [0, 0.05) is 29.7 Å². The van der Waals surface area contributed by atoms with E-state index in [1.165, 1.54) is 11.3 Å². The van der Waals surface area contributed by atoms with Crippen LogP contribution in [-0.2, 0) is 4.79 Å². The van der Waals surface area contributed by atoms with Gasteiger partial charge in [-0.3, -0.25) is 9.59 Å². The van der Waals surface area contributed by atoms with Crippen LogP contribution in [-0.4, -0.2) is 54.5 Å². The first-order valence-electron chi connectivity index (χ1n) is 10.3. The number of hydrogen-bond acceptors (Lipinski definition) is 6. The van der Waals surface area contributed by atoms with Gasteiger partial charge < -0.3 is 20.3 Å². The third-order valence-electron chi connectivity index (χ3n) is 5.53. The van der Waals surface area contributed by atoms with Crippen LogP contribution in [0.25, 0.3) is 0 Å². The van der Waals surface area contributed by atoms with Gasteiger partial charge in [0.2, 0.25) is 5.91 Å². The fourth-order valence-corrected chi connectivity index (χ4v) is 4.28. The number of amides is 2. The summed E-state index contributed by atoms with van der Waals surface area (Å²) in [6, 6.07) is 6.53. The maximum atomic E-state index is 12.9. The van der Waals surface area contributed by atoms with Crippen molar-refractivity contribution in [1.29, 1.82) is 0 Å². The first-order chi connectivity index (χ1) is 14.5. The molecule has 1 fully saturated rings. The summed E-state index contributed by atoms with van der Waals surface area (Å²) in [4.78, 5) is 32.4. The van der Waals surface area contributed by atoms with Crippen molar-refractivity contribution < 1.29 is 14.3 Å². The predicted octanol–water partition coefficient (Wildman–Crippen LogP) is 2.86. The lowest BCUT2D eigenvalue weighted by atomic mass is 9.96. The molecule has 1 aromatic carbocycles. The van der Waals surface area contributed by atoms with Crippen molar-refractivity contribution in [2.45, 2.75) is 38.8 Å². The number of aromatic nitrogens is 1. The molecule has 1 atom stereocenters. The first-order valence-corrected chi connectivity index (χ1v) is 11.2. The summed E-state index contributed by atoms with van der Waals surface area (Å²) in [5.74, 6) is 0.582. The van der Waals surface area contributed by atoms with Crippen molar-refractivity contribution in [3.63, 3.8) is 0 Å². The normalized spacial score (nSPS) is 16.3. The second-order valence-corrected chi connectivity index (χ2v) is 8.75. The number of rotatable bonds is 8. The van der Waals surface area contributed by atoms with Gasteiger partial charge in [-0.2, -0.15) is 0 Å². The average molecular weight is 431 g/mol. The highest BCUT2D eigenvalue weighted by Crippen LogP contribution is 2.20. The van der Waals surface area contributed by atoms with Gasteiger partial charge in [0.1, 0.15) is 10.8 Å². The molecule has 2 aromatic rings. The third kappa shape index (κ3) is 5.79. The minimum Gasteiger partial charge on any atom is -0.497 e. The predicted molar refractivity (Wildman–Crippen MR) is 118 cm³/mol. The number of hydrogen-bond donors (Lipinski definition) is 2. The Balaban J connectivity index is 1.59. The van der Waals surface area contributed by atoms with Crippen LogP contribution in [0.1, 0.15) is 48.1 Å². The average Bonchev–Trinajstić information content (AvgIpc) is 3.30. The molecule has 1 saturated heterocycles. The molecule has 0 saturated carbocycles. The number of carbonyl (C=O) groups is 2. The lowest BCUT2D eigenvalue weighted by molar-refractivity contribution is -0.123. The maximum absolute atomic E-state index is 12.9. The van der Waals surface area contributed by atoms with Gasteiger partial charge in [0.05, 0.1) is 7.11 Å². The summed E-state index contributed by atoms with van der Waals surface area (Å²) >= 11 is 1.35. The number of thiazole rings is 1. The second-order valence-electron chi connectivity index (χ2n) is 7.82. The molecule has 8 heteroatoms. The van der Waals surface area contributed by atoms with Gasteiger partial charge in [-0.15, -0.1) is 11.3 Å². The molecule has 2 heterocycles. The van der Waals surface area contributed by atoms with Gasteiger partial charge >= 0.3 is 0 Å². The lowest BCUT2D eigenvalue weighted by Gasteiger charge is -2.34. The van der Waals surface area contributed by atoms with Crippen LogP contribution in [0.5, 0.6) is 5.75 Å². The molecule has 1 unspecified atom stereocenters. The Morgan fingerprint density at radius 1 is 1.23 bits per heavy atom. The van der Waals surface area contributed by atoms with Gasteiger partial charge in [-0.05, 0) is 70.0 Å². The molecular weight excluding hydrogens is 400 g/mol. The van der Waals surface area contributed by atoms with Crippen molar-refractivity contribution in [2.24, 2.45) is 5.92 Å². The minimum atomic E-state index is -0.810. The highest BCUT2D eigenvalue weighted by Gasteiger charge is 2.27. The molecule has 0 bridgehead atoms. The van der Waals surface area contributed by atoms with Crippen LogP contribution in [0.15, 0.2) is 35.8 Å². The van der Waals surface area contributed by atoms with E-state index in [-0.39, 0.29) is 11.8 Å². The Labute approximate surface area is 181 Å². The van der Waals surface area contributed by atoms with E-state index < -0.39 is 6.04 Å². The molecular formula is C22H30N4O3S. The summed E-state index contributed by atoms with van der Waals surface area (Å²) in [6.45, 7) is 7.16. The van der Waals surface area contributed by atoms with E-state index in [4.69, 9.17) is 4.74 Å². The highest BCUT2D eigenvalue weighted by atomic mass is 32.1. The van der Waals surface area contributed by atoms with E-state index in [1.807, 2.05) is 0 Å². The zero-order valence-electron chi connectivity index (χ0n) is 17.8. The Kier molecular flexibility index (Phi) is 7.81. The van der Waals surface area contributed by atoms with Crippen molar-refractivity contribution in [3.05, 3.63) is 46.4 Å². The van der Waals surface area contributed by atoms with E-state index in [0.717, 1.165) is 25.9 Å². The topological polar surface area (TPSA) is 83.6 Å². The lowest BCUT2D eigenvalue weighted by Crippen LogP contribution is -2.44. The first kappa shape index (κ1) is 22.2. The molecule has 0 spiro atoms. The molecule has 0 radical (unpaired) electrons. The summed E-state index contributed by atoms with van der Waals surface area (Å²) in [5, 5.41) is 8.24. The zero-order chi connectivity index (χ0) is 21.5. The Hall–Kier alpha value is -2.45. The Morgan fingerprint density at radius 2 is 1.93 bits per heavy atom. The Bertz CT molecular complexity index is 815. The molecule has 3 rings (SSSR count). The van der Waals surface area contributed by atoms with Crippen LogP contribution < -0.4 is 15.4 Å². The summed E-state index contributed by atoms with van der Waals surface area (Å²) in [7, 11) is 1.57. The monoisotopic (exact) mass is 430 g/mol. The number of nitrogens with zero attached hydrogens (tertiary/aromatic N) is 2. The third-order valence-corrected chi connectivity index (χ3v) is 6.37. The molecule has 162 valence electrons. The largest absolute Gasteiger partial charge is 0.497 e. The summed E-state index contributed by atoms with van der Waals surface area (Å²) in [6.07, 6.45) is 3.78. The summed E-state index contributed by atoms with van der Waals surface area (Å²) < 4.78 is 5.13. The summed E-state index contributed by atoms with van der Waals surface area (Å²) in [5.41, 5.74) is 0.464. The SMILES string of the molecule is COc1ccc(C(=O)NC(C(=O)NCC2CCN(C(C)C)CC2)c2nccs2)cc1. The number of piperidine rings is 1. The van der Waals surface area contributed by atoms with Crippen molar-refractivity contribution >= 4 is 23.2 Å². The van der Waals surface area contributed by atoms with E-state index in [2.05, 4.69) is 34.4 Å². The van der Waals surface area contributed by atoms with Crippen molar-refractivity contribution in [2.75, 3.05) is 26.7 Å². The van der Waals surface area contributed by atoms with Crippen LogP contribution in [0.2, 0.25) is 0 Å². The number of nitrogens with one attached hydrogen (secondary N) is 2. The van der Waals surface area contributed by atoms with E-state index in [1.54, 1.807) is 43.0 Å². The van der Waals surface area contributed by atoms with Crippen LogP contribution in [0.3, 0.4) is 0 Å². The van der Waals surface area contributed by atoms with Crippen LogP contribution >= 0.6 is 11.3 Å². The van der Waals surface area contributed by atoms with Gasteiger partial charge in [-0.1, -0.05) is 0 Å². The van der Waals surface area contributed by atoms with Gasteiger partial charge in [0.25, 0.3) is 5.91 Å². The van der Waals surface area contributed by atoms with E-state index >= 15 is 0 Å². The number of likely N-dealkylation sites (tertiary alicyclic amines) is 1. The van der Waals surface area contributed by atoms with Crippen molar-refractivity contribution in [3.8, 4) is 5.75 Å². The number of methoxy groups -OCH3 is 1. The number of benzene rings is 1. The molecule has 7 nitrogen and oxygen atoms in total. The smallest absolute Gasteiger partial charge is 0.252 e. The maximum Gasteiger partial charge on any atom is 0.252 e. The second kappa shape index (κ2) is 10.5. The van der Waals surface area contributed by atoms with Gasteiger partial charge in [-0.25, -0.2) is 4.98 Å². The van der Waals surface area contributed by atoms with Gasteiger partial charge in [0.15, 0.2) is 6.04 Å². The zero-order valence-corrected chi connectivity index (χ0v) is 18.6. The highest BCUT2D eigenvalue weighted by molar-refractivity contribution is 7.09. The van der Waals surface area contributed by atoms with E-state index in [9.17, 15) is 9.59 Å². The van der Waals surface area contributed by atoms with Crippen LogP contribution in [0.4, 0.5) is 0 Å². The minimum absolute atomic E-state index is 0.224. The molecule has 2 N–H and O–H groups in total. The van der Waals surface area contributed by atoms with Crippen LogP contribution in [0, 0.1) is 5.92 Å². The molecule has 1 aliphatic heterocycles. The standard InChI is InChI=1S/C22H30N4O3S/c1-15(2)26-11-8-16(9-12-26)14-24-21(28)19(22-23-10-13-30-22)25-20(27)17-4-6-18(29-3)7-5-17/h4-7,10,13,15-16,19H,8-9,11-12,14H2,1-3H3,(H,24,28)(H,25,27). The number of carbonyl (C=O) groups excluding carboxylic acids is 2. The molecule has 1 aromatic heterocycles. The fraction of sp³-hybridized carbons (Fsp3) is 0.500. The number of ether oxygens (including phenoxy) is 1. The molecule has 2 amide bonds. The van der Waals surface area contributed by atoms with E-state index in [0.29, 0.717) is 34.8 Å². The molecule has 1 aliphatic rings. The quantitative estimate of drug-likeness (QED) is 0.673. The van der Waals surface area contributed by atoms with Crippen molar-refractivity contribution in [1.82, 2.24) is 20.5 Å². The Morgan fingerprint density at radius 3 is 2.50 bits per heavy atom. The molecule has 0 aliphatic carbocycles.